The highest BCUT2D eigenvalue weighted by molar-refractivity contribution is 6.30. The molecule has 0 spiro atoms. The average molecular weight is 435 g/mol. The molecule has 31 heavy (non-hydrogen) atoms. The van der Waals surface area contributed by atoms with E-state index in [1.807, 2.05) is 30.5 Å². The largest absolute Gasteiger partial charge is 0.361 e. The number of rotatable bonds is 5. The van der Waals surface area contributed by atoms with Gasteiger partial charge >= 0.3 is 0 Å². The first-order chi connectivity index (χ1) is 15.1. The fourth-order valence-corrected chi connectivity index (χ4v) is 3.33. The number of anilines is 1. The Morgan fingerprint density at radius 3 is 2.55 bits per heavy atom. The molecule has 0 fully saturated rings. The average Bonchev–Trinajstić information content (AvgIpc) is 3.19. The van der Waals surface area contributed by atoms with E-state index in [-0.39, 0.29) is 17.6 Å². The second kappa shape index (κ2) is 9.45. The highest BCUT2D eigenvalue weighted by atomic mass is 35.5. The number of benzene rings is 3. The number of hydrogen-bond donors (Lipinski definition) is 3. The van der Waals surface area contributed by atoms with Crippen molar-refractivity contribution in [1.29, 1.82) is 0 Å². The van der Waals surface area contributed by atoms with E-state index < -0.39 is 5.82 Å². The maximum absolute atomic E-state index is 14.1. The van der Waals surface area contributed by atoms with Crippen molar-refractivity contribution >= 4 is 40.1 Å². The zero-order valence-corrected chi connectivity index (χ0v) is 17.3. The van der Waals surface area contributed by atoms with Crippen LogP contribution in [0, 0.1) is 5.82 Å². The lowest BCUT2D eigenvalue weighted by molar-refractivity contribution is 0.0977. The number of hydrogen-bond acceptors (Lipinski definition) is 2. The maximum atomic E-state index is 14.1. The van der Waals surface area contributed by atoms with E-state index in [0.717, 1.165) is 16.5 Å². The minimum absolute atomic E-state index is 0.171. The van der Waals surface area contributed by atoms with Gasteiger partial charge in [-0.1, -0.05) is 41.9 Å². The summed E-state index contributed by atoms with van der Waals surface area (Å²) in [6, 6.07) is 20.7. The summed E-state index contributed by atoms with van der Waals surface area (Å²) in [4.78, 5) is 20.4. The number of H-pyrrole nitrogens is 1. The lowest BCUT2D eigenvalue weighted by Gasteiger charge is -2.12. The molecule has 0 saturated carbocycles. The van der Waals surface area contributed by atoms with E-state index in [1.165, 1.54) is 6.07 Å². The number of carbonyl (C=O) groups excluding carboxylic acids is 1. The number of para-hydroxylation sites is 2. The summed E-state index contributed by atoms with van der Waals surface area (Å²) in [7, 11) is 0. The molecule has 3 N–H and O–H groups in total. The van der Waals surface area contributed by atoms with Crippen LogP contribution in [0.1, 0.15) is 15.9 Å². The van der Waals surface area contributed by atoms with E-state index >= 15 is 0 Å². The minimum Gasteiger partial charge on any atom is -0.361 e. The number of aliphatic imine (C=N–C) groups is 1. The molecule has 7 heteroatoms. The fourth-order valence-electron chi connectivity index (χ4n) is 3.21. The van der Waals surface area contributed by atoms with Crippen LogP contribution in [0.3, 0.4) is 0 Å². The topological polar surface area (TPSA) is 69.3 Å². The summed E-state index contributed by atoms with van der Waals surface area (Å²) in [6.45, 7) is 0.402. The molecule has 0 atom stereocenters. The molecule has 0 aliphatic heterocycles. The lowest BCUT2D eigenvalue weighted by Crippen LogP contribution is -2.36. The third-order valence-corrected chi connectivity index (χ3v) is 5.04. The third kappa shape index (κ3) is 5.10. The molecular formula is C24H20ClFN4O. The number of aromatic amines is 1. The number of carbonyl (C=O) groups is 1. The van der Waals surface area contributed by atoms with Crippen LogP contribution in [0.15, 0.2) is 84.0 Å². The molecule has 3 aromatic carbocycles. The third-order valence-electron chi connectivity index (χ3n) is 4.79. The summed E-state index contributed by atoms with van der Waals surface area (Å²) in [5.74, 6) is -0.635. The number of aromatic nitrogens is 1. The fraction of sp³-hybridized carbons (Fsp3) is 0.0833. The van der Waals surface area contributed by atoms with Crippen LogP contribution in [0.2, 0.25) is 5.02 Å². The first-order valence-corrected chi connectivity index (χ1v) is 10.2. The van der Waals surface area contributed by atoms with Gasteiger partial charge in [-0.3, -0.25) is 15.1 Å². The molecule has 0 unspecified atom stereocenters. The molecule has 4 aromatic rings. The number of amides is 1. The second-order valence-corrected chi connectivity index (χ2v) is 7.34. The molecule has 1 amide bonds. The smallest absolute Gasteiger partial charge is 0.257 e. The summed E-state index contributed by atoms with van der Waals surface area (Å²) in [5.41, 5.74) is 2.82. The van der Waals surface area contributed by atoms with Gasteiger partial charge in [0.2, 0.25) is 5.96 Å². The van der Waals surface area contributed by atoms with E-state index in [2.05, 4.69) is 20.6 Å². The normalized spacial score (nSPS) is 11.5. The van der Waals surface area contributed by atoms with Gasteiger partial charge in [0.15, 0.2) is 0 Å². The van der Waals surface area contributed by atoms with Crippen molar-refractivity contribution in [2.75, 3.05) is 11.9 Å². The Morgan fingerprint density at radius 2 is 1.74 bits per heavy atom. The summed E-state index contributed by atoms with van der Waals surface area (Å²) < 4.78 is 14.1. The monoisotopic (exact) mass is 434 g/mol. The highest BCUT2D eigenvalue weighted by Crippen LogP contribution is 2.18. The Balaban J connectivity index is 1.52. The van der Waals surface area contributed by atoms with Gasteiger partial charge in [-0.05, 0) is 54.4 Å². The Bertz CT molecular complexity index is 1230. The summed E-state index contributed by atoms with van der Waals surface area (Å²) >= 11 is 5.89. The molecule has 1 heterocycles. The van der Waals surface area contributed by atoms with Crippen molar-refractivity contribution < 1.29 is 9.18 Å². The summed E-state index contributed by atoms with van der Waals surface area (Å²) in [6.07, 6.45) is 2.61. The van der Waals surface area contributed by atoms with Crippen LogP contribution in [0.4, 0.5) is 10.1 Å². The van der Waals surface area contributed by atoms with Crippen molar-refractivity contribution in [3.05, 3.63) is 101 Å². The maximum Gasteiger partial charge on any atom is 0.257 e. The molecule has 5 nitrogen and oxygen atoms in total. The van der Waals surface area contributed by atoms with Gasteiger partial charge in [-0.2, -0.15) is 0 Å². The summed E-state index contributed by atoms with van der Waals surface area (Å²) in [5, 5.41) is 7.28. The predicted molar refractivity (Wildman–Crippen MR) is 123 cm³/mol. The first-order valence-electron chi connectivity index (χ1n) is 9.78. The number of nitrogens with one attached hydrogen (secondary N) is 3. The van der Waals surface area contributed by atoms with Gasteiger partial charge in [-0.15, -0.1) is 0 Å². The predicted octanol–water partition coefficient (Wildman–Crippen LogP) is 5.40. The molecule has 0 saturated heterocycles. The van der Waals surface area contributed by atoms with Crippen molar-refractivity contribution in [3.63, 3.8) is 0 Å². The van der Waals surface area contributed by atoms with E-state index in [4.69, 9.17) is 11.6 Å². The van der Waals surface area contributed by atoms with Gasteiger partial charge < -0.3 is 10.3 Å². The molecule has 0 aliphatic rings. The zero-order chi connectivity index (χ0) is 21.6. The molecule has 1 aromatic heterocycles. The Morgan fingerprint density at radius 1 is 1.00 bits per heavy atom. The SMILES string of the molecule is O=C(NC(=NCCc1c[nH]c2ccccc12)Nc1ccccc1F)c1ccc(Cl)cc1. The number of halogens is 2. The van der Waals surface area contributed by atoms with Gasteiger partial charge in [0, 0.05) is 34.2 Å². The molecule has 0 bridgehead atoms. The standard InChI is InChI=1S/C24H20ClFN4O/c25-18-11-9-16(10-12-18)23(31)30-24(29-22-8-4-2-6-20(22)26)27-14-13-17-15-28-21-7-3-1-5-19(17)21/h1-12,15,28H,13-14H2,(H2,27,29,30,31). The minimum atomic E-state index is -0.437. The number of fused-ring (bicyclic) bond motifs is 1. The van der Waals surface area contributed by atoms with Crippen LogP contribution in [0.25, 0.3) is 10.9 Å². The molecule has 0 radical (unpaired) electrons. The van der Waals surface area contributed by atoms with E-state index in [1.54, 1.807) is 42.5 Å². The number of nitrogens with zero attached hydrogens (tertiary/aromatic N) is 1. The van der Waals surface area contributed by atoms with Crippen LogP contribution in [-0.4, -0.2) is 23.4 Å². The Hall–Kier alpha value is -3.64. The van der Waals surface area contributed by atoms with Crippen LogP contribution in [-0.2, 0) is 6.42 Å². The van der Waals surface area contributed by atoms with Gasteiger partial charge in [0.05, 0.1) is 5.69 Å². The van der Waals surface area contributed by atoms with Crippen LogP contribution >= 0.6 is 11.6 Å². The van der Waals surface area contributed by atoms with Gasteiger partial charge in [0.25, 0.3) is 5.91 Å². The lowest BCUT2D eigenvalue weighted by atomic mass is 10.1. The highest BCUT2D eigenvalue weighted by Gasteiger charge is 2.11. The van der Waals surface area contributed by atoms with Crippen LogP contribution in [0.5, 0.6) is 0 Å². The second-order valence-electron chi connectivity index (χ2n) is 6.91. The van der Waals surface area contributed by atoms with Crippen molar-refractivity contribution in [2.24, 2.45) is 4.99 Å². The Kier molecular flexibility index (Phi) is 6.29. The number of guanidine groups is 1. The van der Waals surface area contributed by atoms with Gasteiger partial charge in [0.1, 0.15) is 5.82 Å². The molecule has 4 rings (SSSR count). The Labute approximate surface area is 184 Å². The quantitative estimate of drug-likeness (QED) is 0.291. The molecular weight excluding hydrogens is 415 g/mol. The molecule has 0 aliphatic carbocycles. The van der Waals surface area contributed by atoms with Crippen molar-refractivity contribution in [1.82, 2.24) is 10.3 Å². The zero-order valence-electron chi connectivity index (χ0n) is 16.5. The van der Waals surface area contributed by atoms with Gasteiger partial charge in [-0.25, -0.2) is 4.39 Å². The van der Waals surface area contributed by atoms with E-state index in [0.29, 0.717) is 23.6 Å². The van der Waals surface area contributed by atoms with Crippen molar-refractivity contribution in [2.45, 2.75) is 6.42 Å². The molecule has 156 valence electrons. The first kappa shape index (κ1) is 20.6. The van der Waals surface area contributed by atoms with Crippen molar-refractivity contribution in [3.8, 4) is 0 Å². The van der Waals surface area contributed by atoms with E-state index in [9.17, 15) is 9.18 Å². The van der Waals surface area contributed by atoms with Crippen LogP contribution < -0.4 is 10.6 Å².